The van der Waals surface area contributed by atoms with E-state index in [1.54, 1.807) is 0 Å². The van der Waals surface area contributed by atoms with Crippen LogP contribution in [0.25, 0.3) is 9.88 Å². The molecule has 26 heavy (non-hydrogen) atoms. The van der Waals surface area contributed by atoms with Crippen LogP contribution in [0.15, 0.2) is 41.1 Å². The minimum absolute atomic E-state index is 0.0787. The van der Waals surface area contributed by atoms with Crippen LogP contribution in [0.4, 0.5) is 14.5 Å². The van der Waals surface area contributed by atoms with Crippen molar-refractivity contribution in [1.82, 2.24) is 4.98 Å². The van der Waals surface area contributed by atoms with Crippen LogP contribution in [0.3, 0.4) is 0 Å². The number of ether oxygens (including phenoxy) is 1. The Morgan fingerprint density at radius 1 is 1.23 bits per heavy atom. The van der Waals surface area contributed by atoms with Gasteiger partial charge in [0.2, 0.25) is 0 Å². The number of hydrogen-bond donors (Lipinski definition) is 1. The van der Waals surface area contributed by atoms with Crippen molar-refractivity contribution in [3.05, 3.63) is 58.4 Å². The third-order valence-corrected chi connectivity index (χ3v) is 5.17. The van der Waals surface area contributed by atoms with Crippen LogP contribution in [0.2, 0.25) is 0 Å². The molecule has 1 N–H and O–H groups in total. The lowest BCUT2D eigenvalue weighted by atomic mass is 10.2. The lowest BCUT2D eigenvalue weighted by Gasteiger charge is -2.13. The summed E-state index contributed by atoms with van der Waals surface area (Å²) >= 11 is 2.77. The number of aromatic nitrogens is 1. The predicted molar refractivity (Wildman–Crippen MR) is 95.3 cm³/mol. The van der Waals surface area contributed by atoms with Crippen molar-refractivity contribution in [2.45, 2.75) is 13.0 Å². The number of hydrogen-bond acceptors (Lipinski definition) is 6. The number of benzene rings is 1. The van der Waals surface area contributed by atoms with Gasteiger partial charge in [0.25, 0.3) is 5.91 Å². The summed E-state index contributed by atoms with van der Waals surface area (Å²) in [5.41, 5.74) is -0.249. The molecule has 0 saturated carbocycles. The molecular weight excluding hydrogens is 382 g/mol. The molecule has 0 aliphatic carbocycles. The van der Waals surface area contributed by atoms with E-state index in [2.05, 4.69) is 10.3 Å². The van der Waals surface area contributed by atoms with Crippen LogP contribution in [0.5, 0.6) is 0 Å². The Kier molecular flexibility index (Phi) is 5.38. The van der Waals surface area contributed by atoms with Gasteiger partial charge in [-0.15, -0.1) is 22.7 Å². The van der Waals surface area contributed by atoms with E-state index in [0.717, 1.165) is 23.1 Å². The molecule has 0 bridgehead atoms. The fourth-order valence-electron chi connectivity index (χ4n) is 1.98. The molecule has 0 radical (unpaired) electrons. The lowest BCUT2D eigenvalue weighted by molar-refractivity contribution is -0.123. The number of thiophene rings is 1. The SMILES string of the molecule is C[C@@H](OC(=O)c1csc(-c2cccs2)n1)C(=O)Nc1cc(F)ccc1F. The monoisotopic (exact) mass is 394 g/mol. The van der Waals surface area contributed by atoms with Gasteiger partial charge in [0, 0.05) is 11.4 Å². The highest BCUT2D eigenvalue weighted by atomic mass is 32.1. The van der Waals surface area contributed by atoms with Crippen LogP contribution in [0, 0.1) is 11.6 Å². The molecule has 0 saturated heterocycles. The number of halogens is 2. The average Bonchev–Trinajstić information content (AvgIpc) is 3.28. The summed E-state index contributed by atoms with van der Waals surface area (Å²) in [5, 5.41) is 6.29. The largest absolute Gasteiger partial charge is 0.448 e. The molecule has 1 aromatic carbocycles. The van der Waals surface area contributed by atoms with E-state index >= 15 is 0 Å². The minimum Gasteiger partial charge on any atom is -0.448 e. The van der Waals surface area contributed by atoms with E-state index in [-0.39, 0.29) is 11.4 Å². The van der Waals surface area contributed by atoms with Crippen LogP contribution >= 0.6 is 22.7 Å². The number of nitrogens with zero attached hydrogens (tertiary/aromatic N) is 1. The quantitative estimate of drug-likeness (QED) is 0.654. The summed E-state index contributed by atoms with van der Waals surface area (Å²) in [6, 6.07) is 6.42. The normalized spacial score (nSPS) is 11.8. The highest BCUT2D eigenvalue weighted by Crippen LogP contribution is 2.28. The second kappa shape index (κ2) is 7.71. The summed E-state index contributed by atoms with van der Waals surface area (Å²) in [4.78, 5) is 29.3. The van der Waals surface area contributed by atoms with Crippen molar-refractivity contribution in [3.8, 4) is 9.88 Å². The molecule has 1 atom stereocenters. The summed E-state index contributed by atoms with van der Waals surface area (Å²) in [6.07, 6.45) is -1.21. The van der Waals surface area contributed by atoms with Gasteiger partial charge >= 0.3 is 5.97 Å². The number of thiazole rings is 1. The van der Waals surface area contributed by atoms with Gasteiger partial charge in [-0.25, -0.2) is 18.6 Å². The standard InChI is InChI=1S/C17H12F2N2O3S2/c1-9(15(22)20-12-7-10(18)4-5-11(12)19)24-17(23)13-8-26-16(21-13)14-3-2-6-25-14/h2-9H,1H3,(H,20,22)/t9-/m1/s1. The van der Waals surface area contributed by atoms with Crippen LogP contribution in [-0.4, -0.2) is 23.0 Å². The number of carbonyl (C=O) groups excluding carboxylic acids is 2. The molecule has 1 amide bonds. The van der Waals surface area contributed by atoms with Crippen molar-refractivity contribution >= 4 is 40.2 Å². The molecule has 0 spiro atoms. The molecule has 3 aromatic rings. The first-order valence-corrected chi connectivity index (χ1v) is 9.16. The molecule has 134 valence electrons. The van der Waals surface area contributed by atoms with E-state index in [1.165, 1.54) is 35.0 Å². The number of nitrogens with one attached hydrogen (secondary N) is 1. The Hall–Kier alpha value is -2.65. The van der Waals surface area contributed by atoms with E-state index in [1.807, 2.05) is 17.5 Å². The van der Waals surface area contributed by atoms with E-state index < -0.39 is 29.6 Å². The van der Waals surface area contributed by atoms with Gasteiger partial charge in [0.1, 0.15) is 16.6 Å². The lowest BCUT2D eigenvalue weighted by Crippen LogP contribution is -2.30. The zero-order chi connectivity index (χ0) is 18.7. The minimum atomic E-state index is -1.21. The maximum atomic E-state index is 13.6. The van der Waals surface area contributed by atoms with Gasteiger partial charge in [0.05, 0.1) is 10.6 Å². The fourth-order valence-corrected chi connectivity index (χ4v) is 3.59. The van der Waals surface area contributed by atoms with Crippen molar-refractivity contribution in [3.63, 3.8) is 0 Å². The third-order valence-electron chi connectivity index (χ3n) is 3.28. The smallest absolute Gasteiger partial charge is 0.358 e. The average molecular weight is 394 g/mol. The van der Waals surface area contributed by atoms with E-state index in [0.29, 0.717) is 5.01 Å². The first-order chi connectivity index (χ1) is 12.4. The second-order valence-electron chi connectivity index (χ2n) is 5.18. The van der Waals surface area contributed by atoms with Gasteiger partial charge in [-0.05, 0) is 30.5 Å². The molecule has 0 fully saturated rings. The van der Waals surface area contributed by atoms with E-state index in [9.17, 15) is 18.4 Å². The molecule has 2 aromatic heterocycles. The topological polar surface area (TPSA) is 68.3 Å². The molecule has 5 nitrogen and oxygen atoms in total. The Morgan fingerprint density at radius 3 is 2.77 bits per heavy atom. The number of carbonyl (C=O) groups is 2. The van der Waals surface area contributed by atoms with Gasteiger partial charge in [0.15, 0.2) is 11.8 Å². The highest BCUT2D eigenvalue weighted by molar-refractivity contribution is 7.20. The zero-order valence-corrected chi connectivity index (χ0v) is 15.0. The number of rotatable bonds is 5. The third kappa shape index (κ3) is 4.12. The Labute approximate surface area is 155 Å². The molecule has 0 aliphatic heterocycles. The van der Waals surface area contributed by atoms with Crippen molar-refractivity contribution in [1.29, 1.82) is 0 Å². The molecule has 0 aliphatic rings. The molecule has 3 rings (SSSR count). The van der Waals surface area contributed by atoms with E-state index in [4.69, 9.17) is 4.74 Å². The summed E-state index contributed by atoms with van der Waals surface area (Å²) < 4.78 is 31.8. The summed E-state index contributed by atoms with van der Waals surface area (Å²) in [6.45, 7) is 1.33. The van der Waals surface area contributed by atoms with Crippen LogP contribution in [0.1, 0.15) is 17.4 Å². The summed E-state index contributed by atoms with van der Waals surface area (Å²) in [7, 11) is 0. The molecular formula is C17H12F2N2O3S2. The maximum Gasteiger partial charge on any atom is 0.358 e. The first kappa shape index (κ1) is 18.2. The Morgan fingerprint density at radius 2 is 2.04 bits per heavy atom. The molecule has 2 heterocycles. The van der Waals surface area contributed by atoms with Crippen LogP contribution in [-0.2, 0) is 9.53 Å². The Balaban J connectivity index is 1.63. The summed E-state index contributed by atoms with van der Waals surface area (Å²) in [5.74, 6) is -3.05. The van der Waals surface area contributed by atoms with Crippen molar-refractivity contribution in [2.24, 2.45) is 0 Å². The number of amides is 1. The fraction of sp³-hybridized carbons (Fsp3) is 0.118. The number of esters is 1. The molecule has 9 heteroatoms. The van der Waals surface area contributed by atoms with Crippen LogP contribution < -0.4 is 5.32 Å². The van der Waals surface area contributed by atoms with Gasteiger partial charge in [-0.2, -0.15) is 0 Å². The predicted octanol–water partition coefficient (Wildman–Crippen LogP) is 4.33. The zero-order valence-electron chi connectivity index (χ0n) is 13.4. The number of anilines is 1. The first-order valence-electron chi connectivity index (χ1n) is 7.40. The van der Waals surface area contributed by atoms with Gasteiger partial charge in [-0.1, -0.05) is 6.07 Å². The Bertz CT molecular complexity index is 941. The highest BCUT2D eigenvalue weighted by Gasteiger charge is 2.22. The van der Waals surface area contributed by atoms with Gasteiger partial charge < -0.3 is 10.1 Å². The molecule has 0 unspecified atom stereocenters. The maximum absolute atomic E-state index is 13.6. The van der Waals surface area contributed by atoms with Crippen molar-refractivity contribution in [2.75, 3.05) is 5.32 Å². The second-order valence-corrected chi connectivity index (χ2v) is 6.98. The van der Waals surface area contributed by atoms with Gasteiger partial charge in [-0.3, -0.25) is 4.79 Å². The van der Waals surface area contributed by atoms with Crippen molar-refractivity contribution < 1.29 is 23.1 Å².